The first-order chi connectivity index (χ1) is 8.78. The molecule has 1 saturated carbocycles. The standard InChI is InChI=1S/C14H21NO3S/c1-11-4-3-5-12(8-11)9-19(17,18)15-10-14(2,16)13-6-7-13/h3-5,8,13,15-16H,6-7,9-10H2,1-2H3/t14-/m0/s1. The number of aryl methyl sites for hydroxylation is 1. The van der Waals surface area contributed by atoms with Crippen LogP contribution in [0.4, 0.5) is 0 Å². The van der Waals surface area contributed by atoms with Gasteiger partial charge in [0.1, 0.15) is 0 Å². The van der Waals surface area contributed by atoms with Gasteiger partial charge < -0.3 is 5.11 Å². The molecule has 0 aromatic heterocycles. The largest absolute Gasteiger partial charge is 0.389 e. The summed E-state index contributed by atoms with van der Waals surface area (Å²) in [6, 6.07) is 7.44. The van der Waals surface area contributed by atoms with Crippen molar-refractivity contribution in [3.63, 3.8) is 0 Å². The second-order valence-corrected chi connectivity index (χ2v) is 7.51. The number of rotatable bonds is 6. The molecular formula is C14H21NO3S. The van der Waals surface area contributed by atoms with Crippen LogP contribution in [-0.2, 0) is 15.8 Å². The number of hydrogen-bond acceptors (Lipinski definition) is 3. The van der Waals surface area contributed by atoms with Crippen LogP contribution in [-0.4, -0.2) is 25.7 Å². The predicted octanol–water partition coefficient (Wildman–Crippen LogP) is 1.58. The molecule has 19 heavy (non-hydrogen) atoms. The molecule has 1 fully saturated rings. The van der Waals surface area contributed by atoms with Crippen LogP contribution < -0.4 is 4.72 Å². The average Bonchev–Trinajstić information content (AvgIpc) is 3.10. The average molecular weight is 283 g/mol. The van der Waals surface area contributed by atoms with Crippen LogP contribution in [0.25, 0.3) is 0 Å². The van der Waals surface area contributed by atoms with E-state index in [1.807, 2.05) is 25.1 Å². The predicted molar refractivity (Wildman–Crippen MR) is 75.2 cm³/mol. The van der Waals surface area contributed by atoms with Crippen molar-refractivity contribution in [3.05, 3.63) is 35.4 Å². The van der Waals surface area contributed by atoms with Gasteiger partial charge in [0.25, 0.3) is 0 Å². The van der Waals surface area contributed by atoms with Gasteiger partial charge >= 0.3 is 0 Å². The third-order valence-corrected chi connectivity index (χ3v) is 4.84. The second-order valence-electron chi connectivity index (χ2n) is 5.70. The number of sulfonamides is 1. The molecule has 0 bridgehead atoms. The van der Waals surface area contributed by atoms with Crippen LogP contribution in [0.15, 0.2) is 24.3 Å². The summed E-state index contributed by atoms with van der Waals surface area (Å²) >= 11 is 0. The molecular weight excluding hydrogens is 262 g/mol. The molecule has 0 amide bonds. The first kappa shape index (κ1) is 14.5. The number of hydrogen-bond donors (Lipinski definition) is 2. The first-order valence-corrected chi connectivity index (χ1v) is 8.19. The highest BCUT2D eigenvalue weighted by molar-refractivity contribution is 7.88. The minimum atomic E-state index is -3.40. The Hall–Kier alpha value is -0.910. The zero-order valence-electron chi connectivity index (χ0n) is 11.4. The van der Waals surface area contributed by atoms with Crippen LogP contribution >= 0.6 is 0 Å². The summed E-state index contributed by atoms with van der Waals surface area (Å²) in [5, 5.41) is 10.1. The Bertz CT molecular complexity index is 548. The molecule has 0 radical (unpaired) electrons. The van der Waals surface area contributed by atoms with E-state index in [9.17, 15) is 13.5 Å². The number of benzene rings is 1. The van der Waals surface area contributed by atoms with E-state index in [-0.39, 0.29) is 18.2 Å². The lowest BCUT2D eigenvalue weighted by molar-refractivity contribution is 0.0422. The third-order valence-electron chi connectivity index (χ3n) is 3.55. The van der Waals surface area contributed by atoms with Crippen LogP contribution in [0.1, 0.15) is 30.9 Å². The summed E-state index contributed by atoms with van der Waals surface area (Å²) in [6.07, 6.45) is 1.96. The van der Waals surface area contributed by atoms with Crippen molar-refractivity contribution >= 4 is 10.0 Å². The molecule has 0 aliphatic heterocycles. The molecule has 5 heteroatoms. The SMILES string of the molecule is Cc1cccc(CS(=O)(=O)NC[C@](C)(O)C2CC2)c1. The quantitative estimate of drug-likeness (QED) is 0.833. The van der Waals surface area contributed by atoms with Crippen LogP contribution in [0.5, 0.6) is 0 Å². The van der Waals surface area contributed by atoms with Gasteiger partial charge in [-0.1, -0.05) is 29.8 Å². The number of nitrogens with one attached hydrogen (secondary N) is 1. The Balaban J connectivity index is 1.95. The Morgan fingerprint density at radius 2 is 2.11 bits per heavy atom. The molecule has 0 saturated heterocycles. The van der Waals surface area contributed by atoms with Gasteiger partial charge in [0.15, 0.2) is 0 Å². The minimum absolute atomic E-state index is 0.0462. The van der Waals surface area contributed by atoms with E-state index < -0.39 is 15.6 Å². The van der Waals surface area contributed by atoms with E-state index in [0.717, 1.165) is 24.0 Å². The molecule has 2 rings (SSSR count). The highest BCUT2D eigenvalue weighted by Gasteiger charge is 2.40. The summed E-state index contributed by atoms with van der Waals surface area (Å²) in [4.78, 5) is 0. The Kier molecular flexibility index (Phi) is 3.99. The molecule has 1 aliphatic rings. The van der Waals surface area contributed by atoms with Crippen molar-refractivity contribution < 1.29 is 13.5 Å². The Labute approximate surface area is 114 Å². The van der Waals surface area contributed by atoms with Crippen molar-refractivity contribution in [3.8, 4) is 0 Å². The highest BCUT2D eigenvalue weighted by atomic mass is 32.2. The smallest absolute Gasteiger partial charge is 0.215 e. The van der Waals surface area contributed by atoms with Crippen LogP contribution in [0.3, 0.4) is 0 Å². The summed E-state index contributed by atoms with van der Waals surface area (Å²) < 4.78 is 26.5. The molecule has 1 aliphatic carbocycles. The molecule has 1 atom stereocenters. The van der Waals surface area contributed by atoms with Crippen molar-refractivity contribution in [2.75, 3.05) is 6.54 Å². The van der Waals surface area contributed by atoms with Crippen molar-refractivity contribution in [2.45, 2.75) is 38.0 Å². The Morgan fingerprint density at radius 1 is 1.42 bits per heavy atom. The molecule has 0 unspecified atom stereocenters. The van der Waals surface area contributed by atoms with Crippen LogP contribution in [0, 0.1) is 12.8 Å². The van der Waals surface area contributed by atoms with Crippen molar-refractivity contribution in [2.24, 2.45) is 5.92 Å². The van der Waals surface area contributed by atoms with E-state index in [2.05, 4.69) is 4.72 Å². The maximum Gasteiger partial charge on any atom is 0.215 e. The van der Waals surface area contributed by atoms with E-state index >= 15 is 0 Å². The van der Waals surface area contributed by atoms with Gasteiger partial charge in [-0.15, -0.1) is 0 Å². The van der Waals surface area contributed by atoms with Gasteiger partial charge in [0.2, 0.25) is 10.0 Å². The fourth-order valence-electron chi connectivity index (χ4n) is 2.18. The van der Waals surface area contributed by atoms with E-state index in [0.29, 0.717) is 0 Å². The highest BCUT2D eigenvalue weighted by Crippen LogP contribution is 2.39. The van der Waals surface area contributed by atoms with Crippen molar-refractivity contribution in [1.29, 1.82) is 0 Å². The molecule has 4 nitrogen and oxygen atoms in total. The van der Waals surface area contributed by atoms with Gasteiger partial charge in [0, 0.05) is 6.54 Å². The molecule has 106 valence electrons. The maximum atomic E-state index is 12.0. The lowest BCUT2D eigenvalue weighted by Gasteiger charge is -2.23. The zero-order valence-corrected chi connectivity index (χ0v) is 12.2. The van der Waals surface area contributed by atoms with E-state index in [1.54, 1.807) is 13.0 Å². The summed E-state index contributed by atoms with van der Waals surface area (Å²) in [7, 11) is -3.40. The summed E-state index contributed by atoms with van der Waals surface area (Å²) in [5.41, 5.74) is 0.871. The van der Waals surface area contributed by atoms with Gasteiger partial charge in [-0.05, 0) is 38.2 Å². The summed E-state index contributed by atoms with van der Waals surface area (Å²) in [5.74, 6) is 0.185. The number of aliphatic hydroxyl groups is 1. The fraction of sp³-hybridized carbons (Fsp3) is 0.571. The lowest BCUT2D eigenvalue weighted by atomic mass is 10.0. The van der Waals surface area contributed by atoms with Gasteiger partial charge in [-0.2, -0.15) is 0 Å². The van der Waals surface area contributed by atoms with Gasteiger partial charge in [0.05, 0.1) is 11.4 Å². The molecule has 0 spiro atoms. The molecule has 2 N–H and O–H groups in total. The zero-order chi connectivity index (χ0) is 14.1. The monoisotopic (exact) mass is 283 g/mol. The topological polar surface area (TPSA) is 66.4 Å². The summed E-state index contributed by atoms with van der Waals surface area (Å²) in [6.45, 7) is 3.72. The fourth-order valence-corrected chi connectivity index (χ4v) is 3.41. The molecule has 0 heterocycles. The third kappa shape index (κ3) is 4.30. The van der Waals surface area contributed by atoms with Gasteiger partial charge in [-0.25, -0.2) is 13.1 Å². The van der Waals surface area contributed by atoms with E-state index in [4.69, 9.17) is 0 Å². The minimum Gasteiger partial charge on any atom is -0.389 e. The van der Waals surface area contributed by atoms with Crippen molar-refractivity contribution in [1.82, 2.24) is 4.72 Å². The molecule has 1 aromatic rings. The molecule has 1 aromatic carbocycles. The van der Waals surface area contributed by atoms with Crippen LogP contribution in [0.2, 0.25) is 0 Å². The maximum absolute atomic E-state index is 12.0. The normalized spacial score (nSPS) is 19.1. The first-order valence-electron chi connectivity index (χ1n) is 6.54. The Morgan fingerprint density at radius 3 is 2.68 bits per heavy atom. The van der Waals surface area contributed by atoms with E-state index in [1.165, 1.54) is 0 Å². The van der Waals surface area contributed by atoms with Gasteiger partial charge in [-0.3, -0.25) is 0 Å². The second kappa shape index (κ2) is 5.23. The lowest BCUT2D eigenvalue weighted by Crippen LogP contribution is -2.42.